The second kappa shape index (κ2) is 7.12. The second-order valence-corrected chi connectivity index (χ2v) is 6.57. The fourth-order valence-corrected chi connectivity index (χ4v) is 3.26. The van der Waals surface area contributed by atoms with Crippen molar-refractivity contribution < 1.29 is 14.3 Å². The first-order chi connectivity index (χ1) is 13.5. The molecule has 28 heavy (non-hydrogen) atoms. The summed E-state index contributed by atoms with van der Waals surface area (Å²) in [4.78, 5) is 26.3. The summed E-state index contributed by atoms with van der Waals surface area (Å²) in [5.74, 6) is -1.61. The maximum atomic E-state index is 14.6. The number of carboxylic acid groups (broad SMARTS) is 1. The molecule has 4 nitrogen and oxygen atoms in total. The van der Waals surface area contributed by atoms with E-state index in [0.29, 0.717) is 17.5 Å². The number of aromatic amines is 1. The van der Waals surface area contributed by atoms with Gasteiger partial charge in [-0.3, -0.25) is 4.79 Å². The van der Waals surface area contributed by atoms with Crippen molar-refractivity contribution in [2.24, 2.45) is 0 Å². The number of hydrogen-bond acceptors (Lipinski definition) is 2. The minimum absolute atomic E-state index is 0.277. The summed E-state index contributed by atoms with van der Waals surface area (Å²) in [6.07, 6.45) is 1.49. The minimum Gasteiger partial charge on any atom is -0.477 e. The SMILES string of the molecule is O=C(O)c1c[nH]c2ccc(Cc3ccc(-c4ccccc4)cc3F)cc2c1=O. The van der Waals surface area contributed by atoms with Crippen molar-refractivity contribution >= 4 is 16.9 Å². The summed E-state index contributed by atoms with van der Waals surface area (Å²) in [7, 11) is 0. The molecule has 0 spiro atoms. The van der Waals surface area contributed by atoms with Crippen LogP contribution in [0.25, 0.3) is 22.0 Å². The molecule has 0 radical (unpaired) electrons. The minimum atomic E-state index is -1.28. The Kier molecular flexibility index (Phi) is 4.49. The molecule has 0 aliphatic rings. The molecule has 3 aromatic carbocycles. The molecule has 4 rings (SSSR count). The first kappa shape index (κ1) is 17.7. The van der Waals surface area contributed by atoms with Gasteiger partial charge in [0.25, 0.3) is 0 Å². The van der Waals surface area contributed by atoms with Crippen molar-refractivity contribution in [3.63, 3.8) is 0 Å². The maximum absolute atomic E-state index is 14.6. The number of carbonyl (C=O) groups is 1. The number of rotatable bonds is 4. The highest BCUT2D eigenvalue weighted by molar-refractivity contribution is 5.92. The summed E-state index contributed by atoms with van der Waals surface area (Å²) in [5, 5.41) is 9.39. The standard InChI is InChI=1S/C23H16FNO3/c24-20-12-16(15-4-2-1-3-5-15)7-8-17(20)10-14-6-9-21-18(11-14)22(26)19(13-25-21)23(27)28/h1-9,11-13H,10H2,(H,25,26)(H,27,28). The van der Waals surface area contributed by atoms with Crippen LogP contribution >= 0.6 is 0 Å². The Morgan fingerprint density at radius 2 is 1.75 bits per heavy atom. The number of hydrogen-bond donors (Lipinski definition) is 2. The summed E-state index contributed by atoms with van der Waals surface area (Å²) < 4.78 is 14.6. The summed E-state index contributed by atoms with van der Waals surface area (Å²) >= 11 is 0. The molecular weight excluding hydrogens is 357 g/mol. The van der Waals surface area contributed by atoms with E-state index in [-0.39, 0.29) is 16.8 Å². The van der Waals surface area contributed by atoms with Gasteiger partial charge in [-0.15, -0.1) is 0 Å². The topological polar surface area (TPSA) is 70.2 Å². The van der Waals surface area contributed by atoms with E-state index in [4.69, 9.17) is 5.11 Å². The third-order valence-electron chi connectivity index (χ3n) is 4.73. The van der Waals surface area contributed by atoms with E-state index < -0.39 is 11.4 Å². The highest BCUT2D eigenvalue weighted by Gasteiger charge is 2.12. The van der Waals surface area contributed by atoms with Gasteiger partial charge in [0.15, 0.2) is 0 Å². The number of benzene rings is 3. The number of aromatic carboxylic acids is 1. The van der Waals surface area contributed by atoms with Crippen molar-refractivity contribution in [2.45, 2.75) is 6.42 Å². The van der Waals surface area contributed by atoms with Crippen LogP contribution in [0.2, 0.25) is 0 Å². The predicted octanol–water partition coefficient (Wildman–Crippen LogP) is 4.62. The normalized spacial score (nSPS) is 10.9. The Bertz CT molecular complexity index is 1250. The predicted molar refractivity (Wildman–Crippen MR) is 106 cm³/mol. The van der Waals surface area contributed by atoms with Crippen molar-refractivity contribution in [3.05, 3.63) is 106 Å². The van der Waals surface area contributed by atoms with Crippen LogP contribution < -0.4 is 5.43 Å². The van der Waals surface area contributed by atoms with Gasteiger partial charge >= 0.3 is 5.97 Å². The van der Waals surface area contributed by atoms with Gasteiger partial charge in [-0.05, 0) is 40.5 Å². The molecule has 0 fully saturated rings. The van der Waals surface area contributed by atoms with Gasteiger partial charge in [-0.1, -0.05) is 48.5 Å². The van der Waals surface area contributed by atoms with Crippen LogP contribution in [-0.2, 0) is 6.42 Å². The fourth-order valence-electron chi connectivity index (χ4n) is 3.26. The van der Waals surface area contributed by atoms with Gasteiger partial charge in [0.05, 0.1) is 0 Å². The molecule has 0 saturated carbocycles. The van der Waals surface area contributed by atoms with Gasteiger partial charge in [0.2, 0.25) is 5.43 Å². The number of carboxylic acids is 1. The number of pyridine rings is 1. The Labute approximate surface area is 159 Å². The first-order valence-corrected chi connectivity index (χ1v) is 8.74. The maximum Gasteiger partial charge on any atom is 0.341 e. The average molecular weight is 373 g/mol. The highest BCUT2D eigenvalue weighted by Crippen LogP contribution is 2.23. The molecule has 2 N–H and O–H groups in total. The lowest BCUT2D eigenvalue weighted by Gasteiger charge is -2.08. The number of fused-ring (bicyclic) bond motifs is 1. The molecule has 138 valence electrons. The van der Waals surface area contributed by atoms with Crippen LogP contribution in [0.5, 0.6) is 0 Å². The van der Waals surface area contributed by atoms with E-state index >= 15 is 0 Å². The second-order valence-electron chi connectivity index (χ2n) is 6.57. The summed E-state index contributed by atoms with van der Waals surface area (Å²) in [6, 6.07) is 19.8. The van der Waals surface area contributed by atoms with Gasteiger partial charge < -0.3 is 10.1 Å². The van der Waals surface area contributed by atoms with Crippen LogP contribution in [0, 0.1) is 5.82 Å². The van der Waals surface area contributed by atoms with Gasteiger partial charge in [-0.2, -0.15) is 0 Å². The molecular formula is C23H16FNO3. The first-order valence-electron chi connectivity index (χ1n) is 8.74. The Hall–Kier alpha value is -3.73. The molecule has 0 atom stereocenters. The monoisotopic (exact) mass is 373 g/mol. The number of H-pyrrole nitrogens is 1. The Morgan fingerprint density at radius 1 is 0.964 bits per heavy atom. The summed E-state index contributed by atoms with van der Waals surface area (Å²) in [5.41, 5.74) is 2.63. The zero-order valence-electron chi connectivity index (χ0n) is 14.8. The quantitative estimate of drug-likeness (QED) is 0.548. The van der Waals surface area contributed by atoms with Crippen molar-refractivity contribution in [2.75, 3.05) is 0 Å². The smallest absolute Gasteiger partial charge is 0.341 e. The van der Waals surface area contributed by atoms with Crippen molar-refractivity contribution in [1.29, 1.82) is 0 Å². The van der Waals surface area contributed by atoms with Crippen LogP contribution in [0.15, 0.2) is 77.7 Å². The third-order valence-corrected chi connectivity index (χ3v) is 4.73. The zero-order valence-corrected chi connectivity index (χ0v) is 14.8. The van der Waals surface area contributed by atoms with Crippen LogP contribution in [0.3, 0.4) is 0 Å². The lowest BCUT2D eigenvalue weighted by atomic mass is 9.98. The average Bonchev–Trinajstić information content (AvgIpc) is 2.70. The molecule has 0 aliphatic heterocycles. The molecule has 1 heterocycles. The van der Waals surface area contributed by atoms with Crippen LogP contribution in [-0.4, -0.2) is 16.1 Å². The zero-order chi connectivity index (χ0) is 19.7. The van der Waals surface area contributed by atoms with Gasteiger partial charge in [-0.25, -0.2) is 9.18 Å². The lowest BCUT2D eigenvalue weighted by Crippen LogP contribution is -2.15. The van der Waals surface area contributed by atoms with Crippen LogP contribution in [0.1, 0.15) is 21.5 Å². The summed E-state index contributed by atoms with van der Waals surface area (Å²) in [6.45, 7) is 0. The largest absolute Gasteiger partial charge is 0.477 e. The third kappa shape index (κ3) is 3.30. The number of aromatic nitrogens is 1. The van der Waals surface area contributed by atoms with E-state index in [0.717, 1.165) is 16.7 Å². The molecule has 0 saturated heterocycles. The molecule has 5 heteroatoms. The van der Waals surface area contributed by atoms with E-state index in [1.54, 1.807) is 24.3 Å². The molecule has 0 amide bonds. The lowest BCUT2D eigenvalue weighted by molar-refractivity contribution is 0.0695. The Morgan fingerprint density at radius 3 is 2.46 bits per heavy atom. The number of halogens is 1. The fraction of sp³-hybridized carbons (Fsp3) is 0.0435. The van der Waals surface area contributed by atoms with E-state index in [1.165, 1.54) is 12.3 Å². The van der Waals surface area contributed by atoms with Crippen molar-refractivity contribution in [3.8, 4) is 11.1 Å². The van der Waals surface area contributed by atoms with Gasteiger partial charge in [0, 0.05) is 23.5 Å². The van der Waals surface area contributed by atoms with Crippen molar-refractivity contribution in [1.82, 2.24) is 4.98 Å². The van der Waals surface area contributed by atoms with Gasteiger partial charge in [0.1, 0.15) is 11.4 Å². The number of nitrogens with one attached hydrogen (secondary N) is 1. The molecule has 0 bridgehead atoms. The van der Waals surface area contributed by atoms with E-state index in [9.17, 15) is 14.0 Å². The Balaban J connectivity index is 1.69. The van der Waals surface area contributed by atoms with Crippen LogP contribution in [0.4, 0.5) is 4.39 Å². The van der Waals surface area contributed by atoms with E-state index in [2.05, 4.69) is 4.98 Å². The highest BCUT2D eigenvalue weighted by atomic mass is 19.1. The molecule has 4 aromatic rings. The molecule has 0 aliphatic carbocycles. The molecule has 1 aromatic heterocycles. The molecule has 0 unspecified atom stereocenters. The van der Waals surface area contributed by atoms with E-state index in [1.807, 2.05) is 36.4 Å².